The number of hydrogen-bond donors (Lipinski definition) is 0. The highest BCUT2D eigenvalue weighted by molar-refractivity contribution is 8.14. The average molecular weight is 500 g/mol. The Morgan fingerprint density at radius 2 is 2.03 bits per heavy atom. The van der Waals surface area contributed by atoms with Gasteiger partial charge in [0.25, 0.3) is 5.91 Å². The molecule has 3 atom stereocenters. The van der Waals surface area contributed by atoms with Gasteiger partial charge in [-0.1, -0.05) is 6.07 Å². The number of β-lactam (4-membered cyclic amide) rings is 1. The van der Waals surface area contributed by atoms with Crippen LogP contribution in [0.4, 0.5) is 0 Å². The largest absolute Gasteiger partial charge is 0.455 e. The zero-order valence-electron chi connectivity index (χ0n) is 18.4. The monoisotopic (exact) mass is 499 g/mol. The predicted molar refractivity (Wildman–Crippen MR) is 123 cm³/mol. The number of thioether (sulfide) groups is 2. The molecule has 1 aromatic heterocycles. The Kier molecular flexibility index (Phi) is 7.74. The van der Waals surface area contributed by atoms with Crippen LogP contribution < -0.4 is 0 Å². The fraction of sp³-hybridized carbons (Fsp3) is 0.524. The van der Waals surface area contributed by atoms with Crippen LogP contribution in [0.3, 0.4) is 0 Å². The van der Waals surface area contributed by atoms with Gasteiger partial charge in [0.15, 0.2) is 16.7 Å². The number of carbonyl (C=O) groups excluding carboxylic acids is 4. The van der Waals surface area contributed by atoms with E-state index in [9.17, 15) is 19.2 Å². The van der Waals surface area contributed by atoms with Gasteiger partial charge in [-0.3, -0.25) is 19.3 Å². The highest BCUT2D eigenvalue weighted by atomic mass is 32.2. The Balaban J connectivity index is 1.96. The summed E-state index contributed by atoms with van der Waals surface area (Å²) < 4.78 is 16.2. The van der Waals surface area contributed by atoms with E-state index in [4.69, 9.17) is 14.2 Å². The summed E-state index contributed by atoms with van der Waals surface area (Å²) in [4.78, 5) is 52.6. The molecule has 3 rings (SSSR count). The minimum atomic E-state index is -1.05. The highest BCUT2D eigenvalue weighted by Gasteiger charge is 2.55. The van der Waals surface area contributed by atoms with Crippen LogP contribution in [-0.2, 0) is 39.8 Å². The third-order valence-electron chi connectivity index (χ3n) is 4.49. The number of methoxy groups -OCH3 is 1. The number of hydrogen-bond acceptors (Lipinski definition) is 10. The molecule has 0 bridgehead atoms. The molecule has 1 unspecified atom stereocenters. The van der Waals surface area contributed by atoms with Crippen molar-refractivity contribution in [2.24, 2.45) is 0 Å². The SMILES string of the molecule is CO[C@H]1C(=O)N2C(C(=O)OC(C)(C)C)=C(C(OC(C)=O)SC(=O)Cc3cccs3)CS[C@H]12. The van der Waals surface area contributed by atoms with Gasteiger partial charge in [0.2, 0.25) is 0 Å². The third-order valence-corrected chi connectivity index (χ3v) is 7.65. The molecule has 2 aliphatic heterocycles. The van der Waals surface area contributed by atoms with Gasteiger partial charge in [-0.25, -0.2) is 4.79 Å². The van der Waals surface area contributed by atoms with Crippen LogP contribution in [-0.4, -0.2) is 63.2 Å². The van der Waals surface area contributed by atoms with Crippen LogP contribution in [0, 0.1) is 0 Å². The topological polar surface area (TPSA) is 99.2 Å². The summed E-state index contributed by atoms with van der Waals surface area (Å²) in [5, 5.41) is 1.27. The molecule has 0 aliphatic carbocycles. The molecule has 1 saturated heterocycles. The molecule has 0 spiro atoms. The van der Waals surface area contributed by atoms with Crippen LogP contribution in [0.15, 0.2) is 28.8 Å². The Labute approximate surface area is 199 Å². The van der Waals surface area contributed by atoms with Crippen molar-refractivity contribution in [2.75, 3.05) is 12.9 Å². The summed E-state index contributed by atoms with van der Waals surface area (Å²) in [6, 6.07) is 3.70. The molecule has 174 valence electrons. The summed E-state index contributed by atoms with van der Waals surface area (Å²) >= 11 is 3.67. The van der Waals surface area contributed by atoms with E-state index >= 15 is 0 Å². The van der Waals surface area contributed by atoms with Gasteiger partial charge >= 0.3 is 11.9 Å². The van der Waals surface area contributed by atoms with Crippen molar-refractivity contribution >= 4 is 57.8 Å². The molecule has 1 fully saturated rings. The molecule has 1 aromatic rings. The Morgan fingerprint density at radius 1 is 1.31 bits per heavy atom. The summed E-state index contributed by atoms with van der Waals surface area (Å²) in [7, 11) is 1.44. The van der Waals surface area contributed by atoms with Crippen molar-refractivity contribution in [1.82, 2.24) is 4.90 Å². The molecular formula is C21H25NO7S3. The van der Waals surface area contributed by atoms with Gasteiger partial charge in [-0.2, -0.15) is 0 Å². The molecule has 8 nitrogen and oxygen atoms in total. The summed E-state index contributed by atoms with van der Waals surface area (Å²) in [6.07, 6.45) is -0.501. The first-order valence-corrected chi connectivity index (χ1v) is 12.7. The standard InChI is InChI=1S/C21H25NO7S3/c1-11(23)28-20(32-14(24)9-12-7-6-8-30-12)13-10-31-18-16(27-5)17(25)22(18)15(13)19(26)29-21(2,3)4/h6-8,16,18,20H,9-10H2,1-5H3/t16-,18+,20?/m0/s1. The zero-order chi connectivity index (χ0) is 23.6. The fourth-order valence-corrected chi connectivity index (χ4v) is 6.52. The van der Waals surface area contributed by atoms with Crippen LogP contribution in [0.2, 0.25) is 0 Å². The molecule has 1 amide bonds. The van der Waals surface area contributed by atoms with Crippen LogP contribution in [0.5, 0.6) is 0 Å². The van der Waals surface area contributed by atoms with Crippen molar-refractivity contribution in [3.05, 3.63) is 33.7 Å². The maximum Gasteiger partial charge on any atom is 0.355 e. The molecular weight excluding hydrogens is 474 g/mol. The van der Waals surface area contributed by atoms with Crippen LogP contribution in [0.25, 0.3) is 0 Å². The van der Waals surface area contributed by atoms with Gasteiger partial charge in [0.05, 0.1) is 6.42 Å². The van der Waals surface area contributed by atoms with Gasteiger partial charge in [-0.05, 0) is 44.0 Å². The number of ether oxygens (including phenoxy) is 3. The molecule has 0 aromatic carbocycles. The van der Waals surface area contributed by atoms with Crippen LogP contribution >= 0.6 is 34.9 Å². The minimum absolute atomic E-state index is 0.0182. The van der Waals surface area contributed by atoms with Crippen molar-refractivity contribution in [3.8, 4) is 0 Å². The van der Waals surface area contributed by atoms with E-state index in [0.717, 1.165) is 16.6 Å². The van der Waals surface area contributed by atoms with Crippen molar-refractivity contribution < 1.29 is 33.4 Å². The second kappa shape index (κ2) is 9.98. The van der Waals surface area contributed by atoms with E-state index in [1.807, 2.05) is 17.5 Å². The fourth-order valence-electron chi connectivity index (χ4n) is 3.22. The second-order valence-electron chi connectivity index (χ2n) is 8.13. The molecule has 0 radical (unpaired) electrons. The normalized spacial score (nSPS) is 21.5. The highest BCUT2D eigenvalue weighted by Crippen LogP contribution is 2.44. The summed E-state index contributed by atoms with van der Waals surface area (Å²) in [5.74, 6) is -1.40. The summed E-state index contributed by atoms with van der Waals surface area (Å²) in [5.41, 5.74) is -1.47. The third kappa shape index (κ3) is 5.56. The first-order chi connectivity index (χ1) is 15.0. The first kappa shape index (κ1) is 24.8. The van der Waals surface area contributed by atoms with Crippen molar-refractivity contribution in [2.45, 2.75) is 56.6 Å². The van der Waals surface area contributed by atoms with E-state index in [0.29, 0.717) is 5.57 Å². The van der Waals surface area contributed by atoms with E-state index < -0.39 is 29.1 Å². The van der Waals surface area contributed by atoms with E-state index in [2.05, 4.69) is 0 Å². The Hall–Kier alpha value is -1.82. The average Bonchev–Trinajstić information content (AvgIpc) is 3.17. The lowest BCUT2D eigenvalue weighted by atomic mass is 10.0. The number of esters is 2. The zero-order valence-corrected chi connectivity index (χ0v) is 20.9. The van der Waals surface area contributed by atoms with E-state index in [-0.39, 0.29) is 34.3 Å². The second-order valence-corrected chi connectivity index (χ2v) is 11.4. The van der Waals surface area contributed by atoms with E-state index in [1.165, 1.54) is 42.0 Å². The lowest BCUT2D eigenvalue weighted by molar-refractivity contribution is -0.167. The maximum atomic E-state index is 13.1. The van der Waals surface area contributed by atoms with Crippen molar-refractivity contribution in [3.63, 3.8) is 0 Å². The van der Waals surface area contributed by atoms with Gasteiger partial charge in [0.1, 0.15) is 16.7 Å². The molecule has 2 aliphatic rings. The van der Waals surface area contributed by atoms with E-state index in [1.54, 1.807) is 20.8 Å². The van der Waals surface area contributed by atoms with Gasteiger partial charge in [-0.15, -0.1) is 23.1 Å². The van der Waals surface area contributed by atoms with Crippen LogP contribution in [0.1, 0.15) is 32.6 Å². The van der Waals surface area contributed by atoms with Gasteiger partial charge in [0, 0.05) is 30.2 Å². The molecule has 32 heavy (non-hydrogen) atoms. The quantitative estimate of drug-likeness (QED) is 0.318. The number of amides is 1. The lowest BCUT2D eigenvalue weighted by Gasteiger charge is -2.49. The number of carbonyl (C=O) groups is 4. The first-order valence-electron chi connectivity index (χ1n) is 9.84. The number of thiophene rings is 1. The van der Waals surface area contributed by atoms with Gasteiger partial charge < -0.3 is 14.2 Å². The maximum absolute atomic E-state index is 13.1. The molecule has 3 heterocycles. The van der Waals surface area contributed by atoms with Crippen molar-refractivity contribution in [1.29, 1.82) is 0 Å². The number of rotatable bonds is 7. The summed E-state index contributed by atoms with van der Waals surface area (Å²) in [6.45, 7) is 6.40. The number of nitrogens with zero attached hydrogens (tertiary/aromatic N) is 1. The molecule has 11 heteroatoms. The minimum Gasteiger partial charge on any atom is -0.455 e. The smallest absolute Gasteiger partial charge is 0.355 e. The molecule has 0 saturated carbocycles. The predicted octanol–water partition coefficient (Wildman–Crippen LogP) is 2.97. The number of fused-ring (bicyclic) bond motifs is 1. The molecule has 0 N–H and O–H groups in total. The Morgan fingerprint density at radius 3 is 2.59 bits per heavy atom. The lowest BCUT2D eigenvalue weighted by Crippen LogP contribution is -2.66. The Bertz CT molecular complexity index is 936.